The van der Waals surface area contributed by atoms with Gasteiger partial charge >= 0.3 is 5.97 Å². The summed E-state index contributed by atoms with van der Waals surface area (Å²) in [7, 11) is 0. The van der Waals surface area contributed by atoms with E-state index in [2.05, 4.69) is 6.92 Å². The van der Waals surface area contributed by atoms with Crippen LogP contribution in [0.2, 0.25) is 0 Å². The zero-order valence-corrected chi connectivity index (χ0v) is 16.9. The topological polar surface area (TPSA) is 46.6 Å². The van der Waals surface area contributed by atoms with Crippen LogP contribution in [0, 0.1) is 0 Å². The minimum Gasteiger partial charge on any atom is -0.455 e. The van der Waals surface area contributed by atoms with Crippen LogP contribution >= 0.6 is 0 Å². The van der Waals surface area contributed by atoms with Gasteiger partial charge < -0.3 is 9.64 Å². The minimum absolute atomic E-state index is 0.0619. The van der Waals surface area contributed by atoms with Gasteiger partial charge in [0, 0.05) is 12.1 Å². The van der Waals surface area contributed by atoms with E-state index in [1.807, 2.05) is 32.6 Å². The first kappa shape index (κ1) is 20.5. The van der Waals surface area contributed by atoms with Gasteiger partial charge in [0.2, 0.25) is 0 Å². The lowest BCUT2D eigenvalue weighted by Gasteiger charge is -2.36. The van der Waals surface area contributed by atoms with Crippen molar-refractivity contribution in [3.63, 3.8) is 0 Å². The maximum absolute atomic E-state index is 13.1. The molecule has 4 nitrogen and oxygen atoms in total. The first-order valence-corrected chi connectivity index (χ1v) is 9.96. The summed E-state index contributed by atoms with van der Waals surface area (Å²) in [5, 5.41) is 0. The molecule has 1 aliphatic rings. The van der Waals surface area contributed by atoms with Crippen molar-refractivity contribution in [2.24, 2.45) is 0 Å². The van der Waals surface area contributed by atoms with Gasteiger partial charge in [-0.3, -0.25) is 4.79 Å². The standard InChI is InChI=1S/C22H33NO3/c1-6-22(14-10-7-11-15-22)26-21(25)19-13-9-8-12-18(19)20(24)23(16(2)3)17(4)5/h8-9,12-13,16-17H,6-7,10-11,14-15H2,1-5H3. The highest BCUT2D eigenvalue weighted by atomic mass is 16.6. The molecule has 0 spiro atoms. The summed E-state index contributed by atoms with van der Waals surface area (Å²) in [6.07, 6.45) is 6.03. The Labute approximate surface area is 157 Å². The van der Waals surface area contributed by atoms with Crippen molar-refractivity contribution >= 4 is 11.9 Å². The smallest absolute Gasteiger partial charge is 0.339 e. The van der Waals surface area contributed by atoms with Gasteiger partial charge in [0.05, 0.1) is 11.1 Å². The normalized spacial score (nSPS) is 16.6. The first-order valence-electron chi connectivity index (χ1n) is 9.96. The average Bonchev–Trinajstić information content (AvgIpc) is 2.61. The van der Waals surface area contributed by atoms with Crippen LogP contribution in [0.4, 0.5) is 0 Å². The quantitative estimate of drug-likeness (QED) is 0.655. The fourth-order valence-corrected chi connectivity index (χ4v) is 4.03. The second kappa shape index (κ2) is 8.70. The zero-order chi connectivity index (χ0) is 19.3. The van der Waals surface area contributed by atoms with Crippen LogP contribution in [-0.2, 0) is 4.74 Å². The number of carbonyl (C=O) groups is 2. The second-order valence-electron chi connectivity index (χ2n) is 7.93. The van der Waals surface area contributed by atoms with Gasteiger partial charge in [-0.1, -0.05) is 25.5 Å². The molecule has 26 heavy (non-hydrogen) atoms. The monoisotopic (exact) mass is 359 g/mol. The van der Waals surface area contributed by atoms with Crippen LogP contribution in [0.3, 0.4) is 0 Å². The summed E-state index contributed by atoms with van der Waals surface area (Å²) in [6.45, 7) is 10.1. The van der Waals surface area contributed by atoms with Gasteiger partial charge in [-0.05, 0) is 71.9 Å². The number of nitrogens with zero attached hydrogens (tertiary/aromatic N) is 1. The van der Waals surface area contributed by atoms with Gasteiger partial charge in [0.25, 0.3) is 5.91 Å². The van der Waals surface area contributed by atoms with Crippen LogP contribution in [0.5, 0.6) is 0 Å². The maximum atomic E-state index is 13.1. The number of rotatable bonds is 6. The van der Waals surface area contributed by atoms with E-state index in [1.165, 1.54) is 6.42 Å². The van der Waals surface area contributed by atoms with E-state index in [4.69, 9.17) is 4.74 Å². The number of esters is 1. The second-order valence-corrected chi connectivity index (χ2v) is 7.93. The fourth-order valence-electron chi connectivity index (χ4n) is 4.03. The van der Waals surface area contributed by atoms with Gasteiger partial charge in [-0.25, -0.2) is 4.79 Å². The molecule has 0 atom stereocenters. The van der Waals surface area contributed by atoms with Gasteiger partial charge in [-0.2, -0.15) is 0 Å². The Morgan fingerprint density at radius 2 is 1.54 bits per heavy atom. The molecule has 0 heterocycles. The lowest BCUT2D eigenvalue weighted by molar-refractivity contribution is -0.0399. The molecule has 0 unspecified atom stereocenters. The highest BCUT2D eigenvalue weighted by molar-refractivity contribution is 6.05. The lowest BCUT2D eigenvalue weighted by Crippen LogP contribution is -2.43. The molecule has 0 radical (unpaired) electrons. The molecule has 0 saturated heterocycles. The van der Waals surface area contributed by atoms with E-state index in [9.17, 15) is 9.59 Å². The number of amides is 1. The molecule has 0 aliphatic heterocycles. The van der Waals surface area contributed by atoms with E-state index in [0.29, 0.717) is 11.1 Å². The average molecular weight is 360 g/mol. The summed E-state index contributed by atoms with van der Waals surface area (Å²) in [5.74, 6) is -0.484. The van der Waals surface area contributed by atoms with Crippen LogP contribution in [0.1, 0.15) is 93.9 Å². The van der Waals surface area contributed by atoms with E-state index >= 15 is 0 Å². The molecule has 0 aromatic heterocycles. The van der Waals surface area contributed by atoms with Gasteiger partial charge in [0.1, 0.15) is 5.60 Å². The number of ether oxygens (including phenoxy) is 1. The lowest BCUT2D eigenvalue weighted by atomic mass is 9.82. The summed E-state index contributed by atoms with van der Waals surface area (Å²) in [6, 6.07) is 7.16. The van der Waals surface area contributed by atoms with E-state index < -0.39 is 0 Å². The number of hydrogen-bond donors (Lipinski definition) is 0. The summed E-state index contributed by atoms with van der Waals surface area (Å²) in [4.78, 5) is 27.9. The van der Waals surface area contributed by atoms with E-state index in [0.717, 1.165) is 32.1 Å². The molecule has 1 aliphatic carbocycles. The Kier molecular flexibility index (Phi) is 6.85. The third-order valence-corrected chi connectivity index (χ3v) is 5.44. The summed E-state index contributed by atoms with van der Waals surface area (Å²) in [5.41, 5.74) is 0.436. The van der Waals surface area contributed by atoms with Crippen molar-refractivity contribution in [3.05, 3.63) is 35.4 Å². The predicted molar refractivity (Wildman–Crippen MR) is 104 cm³/mol. The molecule has 1 aromatic rings. The highest BCUT2D eigenvalue weighted by Crippen LogP contribution is 2.35. The van der Waals surface area contributed by atoms with Crippen LogP contribution < -0.4 is 0 Å². The van der Waals surface area contributed by atoms with Crippen molar-refractivity contribution in [2.45, 2.75) is 90.8 Å². The largest absolute Gasteiger partial charge is 0.455 e. The Morgan fingerprint density at radius 3 is 2.04 bits per heavy atom. The molecule has 1 fully saturated rings. The van der Waals surface area contributed by atoms with Crippen molar-refractivity contribution in [3.8, 4) is 0 Å². The Hall–Kier alpha value is -1.84. The van der Waals surface area contributed by atoms with Crippen molar-refractivity contribution in [2.75, 3.05) is 0 Å². The van der Waals surface area contributed by atoms with Crippen LogP contribution in [0.15, 0.2) is 24.3 Å². The highest BCUT2D eigenvalue weighted by Gasteiger charge is 2.35. The summed E-state index contributed by atoms with van der Waals surface area (Å²) >= 11 is 0. The van der Waals surface area contributed by atoms with Crippen molar-refractivity contribution in [1.29, 1.82) is 0 Å². The van der Waals surface area contributed by atoms with E-state index in [-0.39, 0.29) is 29.6 Å². The van der Waals surface area contributed by atoms with Crippen LogP contribution in [0.25, 0.3) is 0 Å². The van der Waals surface area contributed by atoms with Crippen LogP contribution in [-0.4, -0.2) is 34.5 Å². The molecule has 2 rings (SSSR count). The zero-order valence-electron chi connectivity index (χ0n) is 16.9. The fraction of sp³-hybridized carbons (Fsp3) is 0.636. The van der Waals surface area contributed by atoms with Crippen molar-refractivity contribution < 1.29 is 14.3 Å². The molecule has 1 aromatic carbocycles. The molecular weight excluding hydrogens is 326 g/mol. The molecule has 1 amide bonds. The van der Waals surface area contributed by atoms with E-state index in [1.54, 1.807) is 24.3 Å². The molecule has 0 bridgehead atoms. The van der Waals surface area contributed by atoms with Crippen molar-refractivity contribution in [1.82, 2.24) is 4.90 Å². The molecular formula is C22H33NO3. The molecule has 1 saturated carbocycles. The SMILES string of the molecule is CCC1(OC(=O)c2ccccc2C(=O)N(C(C)C)C(C)C)CCCCC1. The molecule has 0 N–H and O–H groups in total. The maximum Gasteiger partial charge on any atom is 0.339 e. The van der Waals surface area contributed by atoms with Gasteiger partial charge in [-0.15, -0.1) is 0 Å². The Balaban J connectivity index is 2.30. The third-order valence-electron chi connectivity index (χ3n) is 5.44. The Morgan fingerprint density at radius 1 is 1.00 bits per heavy atom. The number of hydrogen-bond acceptors (Lipinski definition) is 3. The number of carbonyl (C=O) groups excluding carboxylic acids is 2. The Bertz CT molecular complexity index is 622. The molecule has 144 valence electrons. The first-order chi connectivity index (χ1) is 12.3. The number of benzene rings is 1. The summed E-state index contributed by atoms with van der Waals surface area (Å²) < 4.78 is 6.00. The minimum atomic E-state index is -0.374. The predicted octanol–water partition coefficient (Wildman–Crippen LogP) is 5.22. The van der Waals surface area contributed by atoms with Gasteiger partial charge in [0.15, 0.2) is 0 Å². The molecule has 4 heteroatoms. The third kappa shape index (κ3) is 4.46.